The van der Waals surface area contributed by atoms with Crippen molar-refractivity contribution in [3.8, 4) is 0 Å². The standard InChI is InChI=1S/C20H33N3O3/c1-4-23(5-2)14-17-7-6-8-18(13-17)21-19(25)22(3)15-20(16-24)9-11-26-12-10-20/h6-8,13,24H,4-5,9-12,14-16H2,1-3H3,(H,21,25). The maximum atomic E-state index is 12.6. The van der Waals surface area contributed by atoms with Gasteiger partial charge in [0.05, 0.1) is 6.61 Å². The van der Waals surface area contributed by atoms with Crippen LogP contribution in [0.25, 0.3) is 0 Å². The van der Waals surface area contributed by atoms with E-state index < -0.39 is 0 Å². The van der Waals surface area contributed by atoms with Crippen molar-refractivity contribution in [2.45, 2.75) is 33.2 Å². The van der Waals surface area contributed by atoms with Crippen LogP contribution >= 0.6 is 0 Å². The third-order valence-electron chi connectivity index (χ3n) is 5.29. The largest absolute Gasteiger partial charge is 0.396 e. The number of carbonyl (C=O) groups is 1. The molecule has 1 saturated heterocycles. The number of urea groups is 1. The lowest BCUT2D eigenvalue weighted by Crippen LogP contribution is -2.45. The highest BCUT2D eigenvalue weighted by molar-refractivity contribution is 5.89. The molecule has 1 heterocycles. The number of anilines is 1. The Balaban J connectivity index is 1.95. The van der Waals surface area contributed by atoms with Crippen molar-refractivity contribution in [1.82, 2.24) is 9.80 Å². The highest BCUT2D eigenvalue weighted by Gasteiger charge is 2.34. The van der Waals surface area contributed by atoms with E-state index in [9.17, 15) is 9.90 Å². The number of rotatable bonds is 8. The van der Waals surface area contributed by atoms with E-state index in [1.54, 1.807) is 11.9 Å². The van der Waals surface area contributed by atoms with Crippen LogP contribution in [0.5, 0.6) is 0 Å². The Bertz CT molecular complexity index is 569. The van der Waals surface area contributed by atoms with Gasteiger partial charge in [0, 0.05) is 44.5 Å². The summed E-state index contributed by atoms with van der Waals surface area (Å²) in [5, 5.41) is 12.8. The number of amides is 2. The maximum Gasteiger partial charge on any atom is 0.321 e. The lowest BCUT2D eigenvalue weighted by atomic mass is 9.80. The SMILES string of the molecule is CCN(CC)Cc1cccc(NC(=O)N(C)CC2(CO)CCOCC2)c1. The Morgan fingerprint density at radius 2 is 1.96 bits per heavy atom. The molecule has 2 rings (SSSR count). The number of hydrogen-bond donors (Lipinski definition) is 2. The average molecular weight is 364 g/mol. The van der Waals surface area contributed by atoms with Crippen LogP contribution in [0, 0.1) is 5.41 Å². The Hall–Kier alpha value is -1.63. The van der Waals surface area contributed by atoms with Gasteiger partial charge in [0.1, 0.15) is 0 Å². The number of aliphatic hydroxyl groups is 1. The van der Waals surface area contributed by atoms with Gasteiger partial charge >= 0.3 is 6.03 Å². The maximum absolute atomic E-state index is 12.6. The van der Waals surface area contributed by atoms with E-state index in [0.717, 1.165) is 38.2 Å². The van der Waals surface area contributed by atoms with Gasteiger partial charge < -0.3 is 20.1 Å². The van der Waals surface area contributed by atoms with Crippen molar-refractivity contribution >= 4 is 11.7 Å². The highest BCUT2D eigenvalue weighted by Crippen LogP contribution is 2.30. The second kappa shape index (κ2) is 9.90. The van der Waals surface area contributed by atoms with Gasteiger partial charge in [-0.25, -0.2) is 4.79 Å². The molecule has 1 aromatic carbocycles. The first-order valence-electron chi connectivity index (χ1n) is 9.54. The van der Waals surface area contributed by atoms with Gasteiger partial charge in [-0.15, -0.1) is 0 Å². The van der Waals surface area contributed by atoms with E-state index in [2.05, 4.69) is 30.1 Å². The van der Waals surface area contributed by atoms with E-state index in [4.69, 9.17) is 4.74 Å². The van der Waals surface area contributed by atoms with Gasteiger partial charge in [-0.05, 0) is 43.6 Å². The Labute approximate surface area is 157 Å². The fourth-order valence-electron chi connectivity index (χ4n) is 3.42. The van der Waals surface area contributed by atoms with E-state index in [1.807, 2.05) is 18.2 Å². The summed E-state index contributed by atoms with van der Waals surface area (Å²) in [4.78, 5) is 16.6. The minimum absolute atomic E-state index is 0.0767. The summed E-state index contributed by atoms with van der Waals surface area (Å²) < 4.78 is 5.39. The van der Waals surface area contributed by atoms with Crippen LogP contribution in [-0.2, 0) is 11.3 Å². The second-order valence-electron chi connectivity index (χ2n) is 7.22. The molecule has 0 unspecified atom stereocenters. The average Bonchev–Trinajstić information content (AvgIpc) is 2.67. The second-order valence-corrected chi connectivity index (χ2v) is 7.22. The fourth-order valence-corrected chi connectivity index (χ4v) is 3.42. The van der Waals surface area contributed by atoms with Crippen molar-refractivity contribution in [3.05, 3.63) is 29.8 Å². The molecular formula is C20H33N3O3. The Morgan fingerprint density at radius 1 is 1.27 bits per heavy atom. The van der Waals surface area contributed by atoms with Crippen LogP contribution in [0.15, 0.2) is 24.3 Å². The monoisotopic (exact) mass is 363 g/mol. The first-order valence-corrected chi connectivity index (χ1v) is 9.54. The molecule has 146 valence electrons. The quantitative estimate of drug-likeness (QED) is 0.745. The third kappa shape index (κ3) is 5.69. The number of hydrogen-bond acceptors (Lipinski definition) is 4. The smallest absolute Gasteiger partial charge is 0.321 e. The molecule has 26 heavy (non-hydrogen) atoms. The fraction of sp³-hybridized carbons (Fsp3) is 0.650. The lowest BCUT2D eigenvalue weighted by molar-refractivity contribution is -0.0255. The molecule has 0 aliphatic carbocycles. The highest BCUT2D eigenvalue weighted by atomic mass is 16.5. The van der Waals surface area contributed by atoms with Crippen molar-refractivity contribution in [2.75, 3.05) is 51.8 Å². The van der Waals surface area contributed by atoms with E-state index in [1.165, 1.54) is 5.56 Å². The number of carbonyl (C=O) groups excluding carboxylic acids is 1. The Kier molecular flexibility index (Phi) is 7.87. The summed E-state index contributed by atoms with van der Waals surface area (Å²) in [5.74, 6) is 0. The first-order chi connectivity index (χ1) is 12.5. The van der Waals surface area contributed by atoms with E-state index >= 15 is 0 Å². The molecule has 1 fully saturated rings. The molecule has 0 radical (unpaired) electrons. The molecule has 1 aromatic rings. The van der Waals surface area contributed by atoms with Crippen molar-refractivity contribution in [2.24, 2.45) is 5.41 Å². The Morgan fingerprint density at radius 3 is 2.58 bits per heavy atom. The molecule has 0 atom stereocenters. The van der Waals surface area contributed by atoms with Crippen LogP contribution in [0.4, 0.5) is 10.5 Å². The molecule has 0 aromatic heterocycles. The molecule has 2 amide bonds. The summed E-state index contributed by atoms with van der Waals surface area (Å²) in [6.45, 7) is 9.07. The van der Waals surface area contributed by atoms with Gasteiger partial charge in [-0.2, -0.15) is 0 Å². The lowest BCUT2D eigenvalue weighted by Gasteiger charge is -2.38. The minimum atomic E-state index is -0.255. The summed E-state index contributed by atoms with van der Waals surface area (Å²) >= 11 is 0. The predicted molar refractivity (Wildman–Crippen MR) is 104 cm³/mol. The third-order valence-corrected chi connectivity index (χ3v) is 5.29. The zero-order chi connectivity index (χ0) is 19.0. The number of benzene rings is 1. The zero-order valence-electron chi connectivity index (χ0n) is 16.3. The van der Waals surface area contributed by atoms with Crippen molar-refractivity contribution < 1.29 is 14.6 Å². The molecule has 1 aliphatic rings. The molecule has 0 saturated carbocycles. The normalized spacial score (nSPS) is 16.5. The van der Waals surface area contributed by atoms with Crippen LogP contribution in [0.1, 0.15) is 32.3 Å². The van der Waals surface area contributed by atoms with Crippen molar-refractivity contribution in [3.63, 3.8) is 0 Å². The zero-order valence-corrected chi connectivity index (χ0v) is 16.3. The molecule has 6 heteroatoms. The van der Waals surface area contributed by atoms with Crippen LogP contribution < -0.4 is 5.32 Å². The summed E-state index contributed by atoms with van der Waals surface area (Å²) in [6, 6.07) is 7.85. The molecular weight excluding hydrogens is 330 g/mol. The predicted octanol–water partition coefficient (Wildman–Crippen LogP) is 2.78. The summed E-state index contributed by atoms with van der Waals surface area (Å²) in [6.07, 6.45) is 1.56. The molecule has 6 nitrogen and oxygen atoms in total. The van der Waals surface area contributed by atoms with Gasteiger partial charge in [0.15, 0.2) is 0 Å². The van der Waals surface area contributed by atoms with E-state index in [-0.39, 0.29) is 18.1 Å². The van der Waals surface area contributed by atoms with Gasteiger partial charge in [-0.1, -0.05) is 26.0 Å². The van der Waals surface area contributed by atoms with Gasteiger partial charge in [-0.3, -0.25) is 4.90 Å². The first kappa shape index (κ1) is 20.7. The molecule has 0 bridgehead atoms. The molecule has 0 spiro atoms. The van der Waals surface area contributed by atoms with E-state index in [0.29, 0.717) is 19.8 Å². The van der Waals surface area contributed by atoms with Gasteiger partial charge in [0.2, 0.25) is 0 Å². The number of ether oxygens (including phenoxy) is 1. The van der Waals surface area contributed by atoms with Gasteiger partial charge in [0.25, 0.3) is 0 Å². The number of nitrogens with one attached hydrogen (secondary N) is 1. The van der Waals surface area contributed by atoms with Crippen LogP contribution in [-0.4, -0.2) is 67.4 Å². The summed E-state index contributed by atoms with van der Waals surface area (Å²) in [5.41, 5.74) is 1.73. The number of nitrogens with zero attached hydrogens (tertiary/aromatic N) is 2. The van der Waals surface area contributed by atoms with Crippen LogP contribution in [0.2, 0.25) is 0 Å². The number of aliphatic hydroxyl groups excluding tert-OH is 1. The van der Waals surface area contributed by atoms with Crippen LogP contribution in [0.3, 0.4) is 0 Å². The topological polar surface area (TPSA) is 65.0 Å². The molecule has 2 N–H and O–H groups in total. The molecule has 1 aliphatic heterocycles. The summed E-state index contributed by atoms with van der Waals surface area (Å²) in [7, 11) is 1.78. The minimum Gasteiger partial charge on any atom is -0.396 e. The van der Waals surface area contributed by atoms with Crippen molar-refractivity contribution in [1.29, 1.82) is 0 Å².